The smallest absolute Gasteiger partial charge is 0.332 e. The first-order valence-corrected chi connectivity index (χ1v) is 7.25. The van der Waals surface area contributed by atoms with Gasteiger partial charge in [0, 0.05) is 18.0 Å². The number of ether oxygens (including phenoxy) is 1. The van der Waals surface area contributed by atoms with Crippen LogP contribution in [0, 0.1) is 0 Å². The van der Waals surface area contributed by atoms with Gasteiger partial charge in [-0.3, -0.25) is 4.79 Å². The number of rotatable bonds is 2. The van der Waals surface area contributed by atoms with Crippen LogP contribution in [-0.2, 0) is 27.3 Å². The molecule has 1 saturated heterocycles. The second-order valence-electron chi connectivity index (χ2n) is 4.91. The summed E-state index contributed by atoms with van der Waals surface area (Å²) in [5.41, 5.74) is 1.21. The third kappa shape index (κ3) is 2.37. The number of aliphatic carboxylic acids is 1. The summed E-state index contributed by atoms with van der Waals surface area (Å²) >= 11 is 1.73. The molecule has 19 heavy (non-hydrogen) atoms. The van der Waals surface area contributed by atoms with E-state index in [-0.39, 0.29) is 5.91 Å². The molecule has 0 aromatic carbocycles. The first kappa shape index (κ1) is 12.6. The Morgan fingerprint density at radius 2 is 2.16 bits per heavy atom. The van der Waals surface area contributed by atoms with Gasteiger partial charge in [-0.05, 0) is 36.3 Å². The van der Waals surface area contributed by atoms with Crippen molar-refractivity contribution in [1.29, 1.82) is 0 Å². The van der Waals surface area contributed by atoms with E-state index in [1.807, 2.05) is 5.38 Å². The zero-order chi connectivity index (χ0) is 13.4. The summed E-state index contributed by atoms with van der Waals surface area (Å²) in [4.78, 5) is 26.3. The van der Waals surface area contributed by atoms with Crippen LogP contribution < -0.4 is 0 Å². The molecule has 3 heterocycles. The number of thiophene rings is 1. The van der Waals surface area contributed by atoms with Crippen molar-refractivity contribution in [2.24, 2.45) is 0 Å². The summed E-state index contributed by atoms with van der Waals surface area (Å²) in [5.74, 6) is -1.05. The number of amides is 1. The first-order chi connectivity index (χ1) is 9.15. The average Bonchev–Trinajstić information content (AvgIpc) is 3.06. The minimum atomic E-state index is -0.978. The number of fused-ring (bicyclic) bond motifs is 1. The lowest BCUT2D eigenvalue weighted by Gasteiger charge is -2.29. The maximum atomic E-state index is 12.3. The standard InChI is InChI=1S/C13H15NO4S/c15-12(9-1-2-10(18-9)13(16)17)14-5-3-11-8(7-14)4-6-19-11/h4,6,9-10H,1-3,5,7H2,(H,16,17). The van der Waals surface area contributed by atoms with Crippen LogP contribution in [0.15, 0.2) is 11.4 Å². The number of carbonyl (C=O) groups is 2. The molecular formula is C13H15NO4S. The normalized spacial score (nSPS) is 26.2. The van der Waals surface area contributed by atoms with E-state index in [0.717, 1.165) is 6.42 Å². The summed E-state index contributed by atoms with van der Waals surface area (Å²) in [6.07, 6.45) is 0.400. The van der Waals surface area contributed by atoms with E-state index in [1.54, 1.807) is 16.2 Å². The largest absolute Gasteiger partial charge is 0.479 e. The van der Waals surface area contributed by atoms with Gasteiger partial charge in [0.15, 0.2) is 6.10 Å². The second kappa shape index (κ2) is 4.94. The van der Waals surface area contributed by atoms with Crippen molar-refractivity contribution >= 4 is 23.2 Å². The van der Waals surface area contributed by atoms with E-state index >= 15 is 0 Å². The predicted octanol–water partition coefficient (Wildman–Crippen LogP) is 1.26. The van der Waals surface area contributed by atoms with Crippen molar-refractivity contribution in [3.05, 3.63) is 21.9 Å². The van der Waals surface area contributed by atoms with Crippen LogP contribution in [0.5, 0.6) is 0 Å². The lowest BCUT2D eigenvalue weighted by atomic mass is 10.1. The van der Waals surface area contributed by atoms with Gasteiger partial charge in [0.1, 0.15) is 6.10 Å². The summed E-state index contributed by atoms with van der Waals surface area (Å²) in [7, 11) is 0. The number of carboxylic acids is 1. The zero-order valence-electron chi connectivity index (χ0n) is 10.4. The summed E-state index contributed by atoms with van der Waals surface area (Å²) < 4.78 is 5.32. The fourth-order valence-electron chi connectivity index (χ4n) is 2.64. The number of carbonyl (C=O) groups excluding carboxylic acids is 1. The minimum absolute atomic E-state index is 0.0689. The van der Waals surface area contributed by atoms with Crippen molar-refractivity contribution < 1.29 is 19.4 Å². The topological polar surface area (TPSA) is 66.8 Å². The van der Waals surface area contributed by atoms with E-state index < -0.39 is 18.2 Å². The van der Waals surface area contributed by atoms with Crippen molar-refractivity contribution in [2.75, 3.05) is 6.54 Å². The van der Waals surface area contributed by atoms with E-state index in [4.69, 9.17) is 9.84 Å². The number of nitrogens with zero attached hydrogens (tertiary/aromatic N) is 1. The molecule has 5 nitrogen and oxygen atoms in total. The highest BCUT2D eigenvalue weighted by atomic mass is 32.1. The fraction of sp³-hybridized carbons (Fsp3) is 0.538. The molecule has 6 heteroatoms. The molecule has 2 aliphatic heterocycles. The third-order valence-electron chi connectivity index (χ3n) is 3.69. The Balaban J connectivity index is 1.65. The van der Waals surface area contributed by atoms with Gasteiger partial charge in [0.25, 0.3) is 5.91 Å². The number of hydrogen-bond acceptors (Lipinski definition) is 4. The Bertz CT molecular complexity index is 512. The molecule has 0 bridgehead atoms. The molecule has 2 atom stereocenters. The predicted molar refractivity (Wildman–Crippen MR) is 69.0 cm³/mol. The maximum absolute atomic E-state index is 12.3. The van der Waals surface area contributed by atoms with E-state index in [9.17, 15) is 9.59 Å². The van der Waals surface area contributed by atoms with Crippen molar-refractivity contribution in [2.45, 2.75) is 38.0 Å². The highest BCUT2D eigenvalue weighted by Crippen LogP contribution is 2.27. The van der Waals surface area contributed by atoms with Gasteiger partial charge in [-0.1, -0.05) is 0 Å². The highest BCUT2D eigenvalue weighted by molar-refractivity contribution is 7.10. The Morgan fingerprint density at radius 1 is 1.37 bits per heavy atom. The van der Waals surface area contributed by atoms with Crippen LogP contribution in [-0.4, -0.2) is 40.6 Å². The van der Waals surface area contributed by atoms with Crippen LogP contribution >= 0.6 is 11.3 Å². The molecule has 1 aromatic rings. The molecule has 3 rings (SSSR count). The van der Waals surface area contributed by atoms with Crippen molar-refractivity contribution in [1.82, 2.24) is 4.90 Å². The SMILES string of the molecule is O=C(O)C1CCC(C(=O)N2CCc3sccc3C2)O1. The maximum Gasteiger partial charge on any atom is 0.332 e. The Morgan fingerprint density at radius 3 is 2.89 bits per heavy atom. The summed E-state index contributed by atoms with van der Waals surface area (Å²) in [6, 6.07) is 2.05. The Labute approximate surface area is 114 Å². The van der Waals surface area contributed by atoms with Crippen molar-refractivity contribution in [3.8, 4) is 0 Å². The Hall–Kier alpha value is -1.40. The van der Waals surface area contributed by atoms with Gasteiger partial charge in [0.2, 0.25) is 0 Å². The van der Waals surface area contributed by atoms with Crippen LogP contribution in [0.1, 0.15) is 23.3 Å². The summed E-state index contributed by atoms with van der Waals surface area (Å²) in [6.45, 7) is 1.32. The molecule has 102 valence electrons. The van der Waals surface area contributed by atoms with Gasteiger partial charge < -0.3 is 14.7 Å². The molecule has 0 saturated carbocycles. The molecule has 1 N–H and O–H groups in total. The monoisotopic (exact) mass is 281 g/mol. The molecule has 1 fully saturated rings. The molecule has 2 aliphatic rings. The second-order valence-corrected chi connectivity index (χ2v) is 5.91. The molecule has 0 spiro atoms. The molecule has 0 radical (unpaired) electrons. The van der Waals surface area contributed by atoms with Crippen molar-refractivity contribution in [3.63, 3.8) is 0 Å². The van der Waals surface area contributed by atoms with Crippen LogP contribution in [0.2, 0.25) is 0 Å². The molecule has 2 unspecified atom stereocenters. The van der Waals surface area contributed by atoms with Crippen LogP contribution in [0.3, 0.4) is 0 Å². The molecular weight excluding hydrogens is 266 g/mol. The summed E-state index contributed by atoms with van der Waals surface area (Å²) in [5, 5.41) is 10.9. The van der Waals surface area contributed by atoms with Gasteiger partial charge in [0.05, 0.1) is 0 Å². The van der Waals surface area contributed by atoms with Gasteiger partial charge in [-0.2, -0.15) is 0 Å². The molecule has 0 aliphatic carbocycles. The van der Waals surface area contributed by atoms with Gasteiger partial charge >= 0.3 is 5.97 Å². The molecule has 1 aromatic heterocycles. The first-order valence-electron chi connectivity index (χ1n) is 6.37. The van der Waals surface area contributed by atoms with Gasteiger partial charge in [-0.15, -0.1) is 11.3 Å². The fourth-order valence-corrected chi connectivity index (χ4v) is 3.53. The minimum Gasteiger partial charge on any atom is -0.479 e. The van der Waals surface area contributed by atoms with Crippen LogP contribution in [0.4, 0.5) is 0 Å². The number of carboxylic acid groups (broad SMARTS) is 1. The van der Waals surface area contributed by atoms with Crippen LogP contribution in [0.25, 0.3) is 0 Å². The lowest BCUT2D eigenvalue weighted by Crippen LogP contribution is -2.42. The van der Waals surface area contributed by atoms with Gasteiger partial charge in [-0.25, -0.2) is 4.79 Å². The Kier molecular flexibility index (Phi) is 3.28. The zero-order valence-corrected chi connectivity index (χ0v) is 11.2. The van der Waals surface area contributed by atoms with E-state index in [0.29, 0.717) is 25.9 Å². The van der Waals surface area contributed by atoms with E-state index in [2.05, 4.69) is 6.07 Å². The quantitative estimate of drug-likeness (QED) is 0.886. The average molecular weight is 281 g/mol. The molecule has 1 amide bonds. The number of hydrogen-bond donors (Lipinski definition) is 1. The van der Waals surface area contributed by atoms with E-state index in [1.165, 1.54) is 10.4 Å². The lowest BCUT2D eigenvalue weighted by molar-refractivity contribution is -0.155. The highest BCUT2D eigenvalue weighted by Gasteiger charge is 2.37. The third-order valence-corrected chi connectivity index (χ3v) is 4.71.